The molecule has 7 nitrogen and oxygen atoms in total. The van der Waals surface area contributed by atoms with Gasteiger partial charge in [-0.25, -0.2) is 0 Å². The largest absolute Gasteiger partial charge is 0.484 e. The number of piperazine rings is 1. The number of amides is 2. The summed E-state index contributed by atoms with van der Waals surface area (Å²) < 4.78 is 7.23. The highest BCUT2D eigenvalue weighted by Gasteiger charge is 2.25. The van der Waals surface area contributed by atoms with E-state index in [1.807, 2.05) is 24.3 Å². The molecule has 1 aliphatic rings. The van der Waals surface area contributed by atoms with E-state index in [4.69, 9.17) is 27.9 Å². The van der Waals surface area contributed by atoms with Crippen LogP contribution in [0.15, 0.2) is 60.9 Å². The predicted molar refractivity (Wildman–Crippen MR) is 122 cm³/mol. The van der Waals surface area contributed by atoms with Gasteiger partial charge in [-0.05, 0) is 35.9 Å². The molecule has 0 N–H and O–H groups in total. The van der Waals surface area contributed by atoms with Crippen molar-refractivity contribution >= 4 is 35.0 Å². The minimum absolute atomic E-state index is 0.0512. The summed E-state index contributed by atoms with van der Waals surface area (Å²) in [4.78, 5) is 28.7. The summed E-state index contributed by atoms with van der Waals surface area (Å²) in [6.07, 6.45) is 3.29. The van der Waals surface area contributed by atoms with E-state index < -0.39 is 0 Å². The highest BCUT2D eigenvalue weighted by Crippen LogP contribution is 2.17. The first-order chi connectivity index (χ1) is 15.5. The molecule has 1 aromatic heterocycles. The van der Waals surface area contributed by atoms with Gasteiger partial charge in [-0.15, -0.1) is 0 Å². The molecular weight excluding hydrogens is 451 g/mol. The molecule has 0 saturated carbocycles. The number of hydrogen-bond donors (Lipinski definition) is 0. The fourth-order valence-corrected chi connectivity index (χ4v) is 3.79. The first-order valence-electron chi connectivity index (χ1n) is 10.2. The van der Waals surface area contributed by atoms with Gasteiger partial charge >= 0.3 is 0 Å². The van der Waals surface area contributed by atoms with Crippen molar-refractivity contribution in [3.63, 3.8) is 0 Å². The summed E-state index contributed by atoms with van der Waals surface area (Å²) in [7, 11) is 0. The summed E-state index contributed by atoms with van der Waals surface area (Å²) >= 11 is 12.1. The molecule has 0 radical (unpaired) electrons. The molecule has 0 atom stereocenters. The maximum Gasteiger partial charge on any atom is 0.260 e. The molecule has 0 unspecified atom stereocenters. The van der Waals surface area contributed by atoms with Crippen LogP contribution in [0.2, 0.25) is 10.0 Å². The van der Waals surface area contributed by atoms with Crippen LogP contribution in [-0.2, 0) is 11.3 Å². The lowest BCUT2D eigenvalue weighted by molar-refractivity contribution is -0.134. The second-order valence-electron chi connectivity index (χ2n) is 7.43. The van der Waals surface area contributed by atoms with Crippen LogP contribution in [0.1, 0.15) is 15.9 Å². The summed E-state index contributed by atoms with van der Waals surface area (Å²) in [5, 5.41) is 5.57. The highest BCUT2D eigenvalue weighted by molar-refractivity contribution is 6.31. The third-order valence-electron chi connectivity index (χ3n) is 5.27. The van der Waals surface area contributed by atoms with Crippen LogP contribution < -0.4 is 4.74 Å². The molecule has 0 spiro atoms. The Morgan fingerprint density at radius 1 is 0.938 bits per heavy atom. The van der Waals surface area contributed by atoms with Crippen molar-refractivity contribution in [3.05, 3.63) is 82.1 Å². The Balaban J connectivity index is 1.27. The molecule has 9 heteroatoms. The zero-order chi connectivity index (χ0) is 22.5. The molecule has 1 fully saturated rings. The van der Waals surface area contributed by atoms with Crippen molar-refractivity contribution in [1.82, 2.24) is 19.6 Å². The van der Waals surface area contributed by atoms with Gasteiger partial charge in [0.15, 0.2) is 6.61 Å². The van der Waals surface area contributed by atoms with E-state index in [9.17, 15) is 9.59 Å². The standard InChI is InChI=1S/C23H22Cl2N4O3/c24-19-5-7-20(8-6-19)32-16-22(30)27-9-11-28(12-10-27)23(31)18-13-26-29(15-18)14-17-3-1-2-4-21(17)25/h1-8,13,15H,9-12,14,16H2. The van der Waals surface area contributed by atoms with E-state index in [1.54, 1.807) is 51.1 Å². The number of ether oxygens (including phenoxy) is 1. The van der Waals surface area contributed by atoms with E-state index in [1.165, 1.54) is 0 Å². The number of nitrogens with zero attached hydrogens (tertiary/aromatic N) is 4. The van der Waals surface area contributed by atoms with Crippen LogP contribution in [0, 0.1) is 0 Å². The number of halogens is 2. The third-order valence-corrected chi connectivity index (χ3v) is 5.89. The topological polar surface area (TPSA) is 67.7 Å². The molecule has 4 rings (SSSR count). The molecule has 2 amide bonds. The summed E-state index contributed by atoms with van der Waals surface area (Å²) in [6.45, 7) is 2.28. The van der Waals surface area contributed by atoms with Crippen molar-refractivity contribution in [3.8, 4) is 5.75 Å². The first kappa shape index (κ1) is 22.2. The van der Waals surface area contributed by atoms with Crippen LogP contribution in [-0.4, -0.2) is 64.2 Å². The monoisotopic (exact) mass is 472 g/mol. The van der Waals surface area contributed by atoms with Crippen molar-refractivity contribution < 1.29 is 14.3 Å². The number of carbonyl (C=O) groups excluding carboxylic acids is 2. The van der Waals surface area contributed by atoms with Crippen LogP contribution in [0.3, 0.4) is 0 Å². The Morgan fingerprint density at radius 2 is 1.62 bits per heavy atom. The summed E-state index contributed by atoms with van der Waals surface area (Å²) in [6, 6.07) is 14.4. The lowest BCUT2D eigenvalue weighted by atomic mass is 10.2. The van der Waals surface area contributed by atoms with E-state index in [2.05, 4.69) is 5.10 Å². The Kier molecular flexibility index (Phi) is 6.97. The fourth-order valence-electron chi connectivity index (χ4n) is 3.47. The number of benzene rings is 2. The van der Waals surface area contributed by atoms with E-state index in [0.717, 1.165) is 5.56 Å². The minimum Gasteiger partial charge on any atom is -0.484 e. The molecule has 0 bridgehead atoms. The smallest absolute Gasteiger partial charge is 0.260 e. The van der Waals surface area contributed by atoms with Gasteiger partial charge in [0, 0.05) is 42.4 Å². The lowest BCUT2D eigenvalue weighted by Crippen LogP contribution is -2.51. The summed E-state index contributed by atoms with van der Waals surface area (Å²) in [5.74, 6) is 0.380. The summed E-state index contributed by atoms with van der Waals surface area (Å²) in [5.41, 5.74) is 1.45. The molecule has 1 saturated heterocycles. The Morgan fingerprint density at radius 3 is 2.34 bits per heavy atom. The quantitative estimate of drug-likeness (QED) is 0.549. The molecule has 2 aromatic carbocycles. The number of carbonyl (C=O) groups is 2. The molecule has 32 heavy (non-hydrogen) atoms. The van der Waals surface area contributed by atoms with Gasteiger partial charge in [0.05, 0.1) is 18.3 Å². The van der Waals surface area contributed by atoms with Crippen molar-refractivity contribution in [1.29, 1.82) is 0 Å². The average Bonchev–Trinajstić information content (AvgIpc) is 3.28. The van der Waals surface area contributed by atoms with Gasteiger partial charge in [0.2, 0.25) is 0 Å². The number of hydrogen-bond acceptors (Lipinski definition) is 4. The Bertz CT molecular complexity index is 1090. The average molecular weight is 473 g/mol. The Labute approximate surface area is 196 Å². The zero-order valence-electron chi connectivity index (χ0n) is 17.3. The van der Waals surface area contributed by atoms with E-state index >= 15 is 0 Å². The number of rotatable bonds is 6. The molecule has 2 heterocycles. The van der Waals surface area contributed by atoms with Crippen LogP contribution >= 0.6 is 23.2 Å². The maximum atomic E-state index is 12.9. The van der Waals surface area contributed by atoms with Gasteiger partial charge in [0.25, 0.3) is 11.8 Å². The van der Waals surface area contributed by atoms with Gasteiger partial charge in [0.1, 0.15) is 5.75 Å². The number of aromatic nitrogens is 2. The predicted octanol–water partition coefficient (Wildman–Crippen LogP) is 3.60. The van der Waals surface area contributed by atoms with Crippen molar-refractivity contribution in [2.24, 2.45) is 0 Å². The third kappa shape index (κ3) is 5.41. The fraction of sp³-hybridized carbons (Fsp3) is 0.261. The SMILES string of the molecule is O=C(COc1ccc(Cl)cc1)N1CCN(C(=O)c2cnn(Cc3ccccc3Cl)c2)CC1. The second-order valence-corrected chi connectivity index (χ2v) is 8.28. The molecule has 1 aliphatic heterocycles. The van der Waals surface area contributed by atoms with Crippen LogP contribution in [0.25, 0.3) is 0 Å². The van der Waals surface area contributed by atoms with Gasteiger partial charge in [-0.1, -0.05) is 41.4 Å². The van der Waals surface area contributed by atoms with Crippen LogP contribution in [0.4, 0.5) is 0 Å². The highest BCUT2D eigenvalue weighted by atomic mass is 35.5. The van der Waals surface area contributed by atoms with E-state index in [0.29, 0.717) is 54.1 Å². The Hall–Kier alpha value is -3.03. The lowest BCUT2D eigenvalue weighted by Gasteiger charge is -2.34. The maximum absolute atomic E-state index is 12.9. The molecular formula is C23H22Cl2N4O3. The van der Waals surface area contributed by atoms with E-state index in [-0.39, 0.29) is 18.4 Å². The van der Waals surface area contributed by atoms with Gasteiger partial charge in [-0.3, -0.25) is 14.3 Å². The molecule has 0 aliphatic carbocycles. The van der Waals surface area contributed by atoms with Crippen molar-refractivity contribution in [2.75, 3.05) is 32.8 Å². The second kappa shape index (κ2) is 10.1. The first-order valence-corrected chi connectivity index (χ1v) is 11.0. The van der Waals surface area contributed by atoms with Gasteiger partial charge in [-0.2, -0.15) is 5.10 Å². The molecule has 3 aromatic rings. The van der Waals surface area contributed by atoms with Gasteiger partial charge < -0.3 is 14.5 Å². The zero-order valence-corrected chi connectivity index (χ0v) is 18.8. The minimum atomic E-state index is -0.111. The van der Waals surface area contributed by atoms with Crippen molar-refractivity contribution in [2.45, 2.75) is 6.54 Å². The van der Waals surface area contributed by atoms with Crippen LogP contribution in [0.5, 0.6) is 5.75 Å². The normalized spacial score (nSPS) is 13.8. The molecule has 166 valence electrons.